The second-order valence-electron chi connectivity index (χ2n) is 5.76. The van der Waals surface area contributed by atoms with Crippen LogP contribution in [0.25, 0.3) is 10.8 Å². The van der Waals surface area contributed by atoms with Gasteiger partial charge in [-0.3, -0.25) is 0 Å². The zero-order chi connectivity index (χ0) is 18.4. The summed E-state index contributed by atoms with van der Waals surface area (Å²) in [5.74, 6) is -2.73. The van der Waals surface area contributed by atoms with Crippen LogP contribution in [0.5, 0.6) is 0 Å². The van der Waals surface area contributed by atoms with Crippen LogP contribution in [0.1, 0.15) is 15.9 Å². The van der Waals surface area contributed by atoms with Gasteiger partial charge in [-0.2, -0.15) is 0 Å². The number of rotatable bonds is 4. The maximum absolute atomic E-state index is 13.1. The minimum atomic E-state index is -4.97. The standard InChI is InChI=1S/C17H14F3I2O3/c18-17(19,20)15(24)13-14(23)11-7-9-3-1-2-4-10(9)8-12(11)16(13,25)22-6-5-21/h1-4,7-8,13,15,24-25H,5-6H2/q-1. The van der Waals surface area contributed by atoms with E-state index >= 15 is 0 Å². The molecular weight excluding hydrogens is 563 g/mol. The van der Waals surface area contributed by atoms with E-state index in [4.69, 9.17) is 0 Å². The Kier molecular flexibility index (Phi) is 5.35. The van der Waals surface area contributed by atoms with Gasteiger partial charge in [0.25, 0.3) is 0 Å². The Morgan fingerprint density at radius 3 is 2.40 bits per heavy atom. The normalized spacial score (nSPS) is 24.7. The summed E-state index contributed by atoms with van der Waals surface area (Å²) in [6, 6.07) is 10.2. The molecule has 1 aliphatic carbocycles. The molecule has 8 heteroatoms. The van der Waals surface area contributed by atoms with Gasteiger partial charge in [-0.25, -0.2) is 0 Å². The molecule has 2 aromatic rings. The summed E-state index contributed by atoms with van der Waals surface area (Å²) >= 11 is 0.897. The Balaban J connectivity index is 2.20. The summed E-state index contributed by atoms with van der Waals surface area (Å²) in [6.07, 6.45) is -7.85. The quantitative estimate of drug-likeness (QED) is 0.405. The first-order valence-electron chi connectivity index (χ1n) is 7.41. The predicted octanol–water partition coefficient (Wildman–Crippen LogP) is 0.245. The topological polar surface area (TPSA) is 57.5 Å². The first-order valence-corrected chi connectivity index (χ1v) is 11.5. The monoisotopic (exact) mass is 577 g/mol. The van der Waals surface area contributed by atoms with E-state index in [-0.39, 0.29) is 11.1 Å². The molecule has 1 aliphatic rings. The number of hydrogen-bond donors (Lipinski definition) is 2. The van der Waals surface area contributed by atoms with Crippen molar-refractivity contribution in [2.24, 2.45) is 5.92 Å². The van der Waals surface area contributed by atoms with Crippen LogP contribution in [-0.2, 0) is 3.61 Å². The first-order chi connectivity index (χ1) is 11.7. The van der Waals surface area contributed by atoms with Crippen LogP contribution in [0.3, 0.4) is 0 Å². The van der Waals surface area contributed by atoms with Crippen LogP contribution < -0.4 is 21.2 Å². The number of aliphatic hydroxyl groups is 2. The van der Waals surface area contributed by atoms with E-state index in [1.807, 2.05) is 0 Å². The van der Waals surface area contributed by atoms with Crippen LogP contribution in [0.2, 0.25) is 0 Å². The molecule has 0 heterocycles. The van der Waals surface area contributed by atoms with Crippen LogP contribution in [0.15, 0.2) is 36.4 Å². The van der Waals surface area contributed by atoms with E-state index in [1.165, 1.54) is 6.07 Å². The number of hydrogen-bond acceptors (Lipinski definition) is 3. The third kappa shape index (κ3) is 3.30. The molecule has 0 spiro atoms. The SMILES string of the molecule is O=C1c2cc3ccccc3cc2C(O)([I-]CCI)C1C(O)C(F)(F)F. The van der Waals surface area contributed by atoms with Gasteiger partial charge in [-0.05, 0) is 0 Å². The van der Waals surface area contributed by atoms with Gasteiger partial charge >= 0.3 is 167 Å². The van der Waals surface area contributed by atoms with E-state index in [2.05, 4.69) is 22.6 Å². The Labute approximate surface area is 166 Å². The van der Waals surface area contributed by atoms with E-state index in [9.17, 15) is 28.2 Å². The Hall–Kier alpha value is -0.460. The molecule has 0 radical (unpaired) electrons. The van der Waals surface area contributed by atoms with Gasteiger partial charge in [0.15, 0.2) is 0 Å². The molecule has 3 unspecified atom stereocenters. The third-order valence-electron chi connectivity index (χ3n) is 4.24. The number of fused-ring (bicyclic) bond motifs is 2. The van der Waals surface area contributed by atoms with Crippen molar-refractivity contribution in [2.75, 3.05) is 8.86 Å². The fraction of sp³-hybridized carbons (Fsp3) is 0.353. The average Bonchev–Trinajstić information content (AvgIpc) is 2.77. The fourth-order valence-corrected chi connectivity index (χ4v) is 7.47. The van der Waals surface area contributed by atoms with Gasteiger partial charge in [0.2, 0.25) is 0 Å². The first kappa shape index (κ1) is 19.3. The Morgan fingerprint density at radius 1 is 1.24 bits per heavy atom. The number of halogens is 5. The zero-order valence-corrected chi connectivity index (χ0v) is 17.0. The molecule has 2 aromatic carbocycles. The van der Waals surface area contributed by atoms with Crippen molar-refractivity contribution in [3.05, 3.63) is 47.5 Å². The number of aliphatic hydroxyl groups excluding tert-OH is 1. The molecule has 0 aliphatic heterocycles. The van der Waals surface area contributed by atoms with Crippen molar-refractivity contribution in [1.29, 1.82) is 0 Å². The number of Topliss-reactive ketones (excluding diaryl/α,β-unsaturated/α-hetero) is 1. The minimum absolute atomic E-state index is 0.0858. The van der Waals surface area contributed by atoms with E-state index < -0.39 is 48.8 Å². The van der Waals surface area contributed by atoms with Crippen molar-refractivity contribution in [3.63, 3.8) is 0 Å². The molecule has 25 heavy (non-hydrogen) atoms. The molecule has 136 valence electrons. The second kappa shape index (κ2) is 6.93. The average molecular weight is 577 g/mol. The van der Waals surface area contributed by atoms with Gasteiger partial charge in [-0.15, -0.1) is 0 Å². The molecule has 0 saturated carbocycles. The van der Waals surface area contributed by atoms with Gasteiger partial charge in [0.1, 0.15) is 0 Å². The third-order valence-corrected chi connectivity index (χ3v) is 10.3. The predicted molar refractivity (Wildman–Crippen MR) is 91.5 cm³/mol. The second-order valence-corrected chi connectivity index (χ2v) is 10.3. The van der Waals surface area contributed by atoms with Crippen LogP contribution in [0, 0.1) is 5.92 Å². The summed E-state index contributed by atoms with van der Waals surface area (Å²) in [4.78, 5) is 12.7. The van der Waals surface area contributed by atoms with Crippen LogP contribution in [-0.4, -0.2) is 37.1 Å². The van der Waals surface area contributed by atoms with E-state index in [0.29, 0.717) is 14.2 Å². The van der Waals surface area contributed by atoms with Crippen molar-refractivity contribution in [3.8, 4) is 0 Å². The molecule has 0 amide bonds. The molecule has 3 atom stereocenters. The number of carbonyl (C=O) groups is 1. The van der Waals surface area contributed by atoms with Gasteiger partial charge in [0.05, 0.1) is 0 Å². The number of alkyl halides is 6. The summed E-state index contributed by atoms with van der Waals surface area (Å²) in [6.45, 7) is 0. The Morgan fingerprint density at radius 2 is 1.84 bits per heavy atom. The maximum atomic E-state index is 13.1. The number of ketones is 1. The molecule has 2 N–H and O–H groups in total. The summed E-state index contributed by atoms with van der Waals surface area (Å²) in [7, 11) is 0. The van der Waals surface area contributed by atoms with Crippen molar-refractivity contribution in [1.82, 2.24) is 0 Å². The molecule has 0 fully saturated rings. The summed E-state index contributed by atoms with van der Waals surface area (Å²) in [5, 5.41) is 22.4. The number of benzene rings is 2. The summed E-state index contributed by atoms with van der Waals surface area (Å²) < 4.78 is 38.7. The molecule has 0 saturated heterocycles. The van der Waals surface area contributed by atoms with E-state index in [1.54, 1.807) is 30.3 Å². The van der Waals surface area contributed by atoms with Gasteiger partial charge in [0, 0.05) is 0 Å². The van der Waals surface area contributed by atoms with Crippen LogP contribution in [0.4, 0.5) is 13.2 Å². The van der Waals surface area contributed by atoms with Gasteiger partial charge in [-0.1, -0.05) is 0 Å². The molecule has 3 nitrogen and oxygen atoms in total. The fourth-order valence-electron chi connectivity index (χ4n) is 3.12. The van der Waals surface area contributed by atoms with Crippen molar-refractivity contribution >= 4 is 39.1 Å². The van der Waals surface area contributed by atoms with Crippen molar-refractivity contribution < 1.29 is 49.4 Å². The summed E-state index contributed by atoms with van der Waals surface area (Å²) in [5.41, 5.74) is 0.310. The van der Waals surface area contributed by atoms with E-state index in [0.717, 1.165) is 5.39 Å². The molecule has 0 bridgehead atoms. The molecule has 0 aromatic heterocycles. The molecule has 3 rings (SSSR count). The van der Waals surface area contributed by atoms with Crippen molar-refractivity contribution in [2.45, 2.75) is 15.9 Å². The Bertz CT molecular complexity index is 824. The number of carbonyl (C=O) groups excluding carboxylic acids is 1. The molecular formula is C17H14F3I2O3-. The van der Waals surface area contributed by atoms with Gasteiger partial charge < -0.3 is 0 Å². The van der Waals surface area contributed by atoms with Crippen LogP contribution >= 0.6 is 22.6 Å². The zero-order valence-electron chi connectivity index (χ0n) is 12.7.